The van der Waals surface area contributed by atoms with Crippen molar-refractivity contribution in [3.8, 4) is 0 Å². The number of para-hydroxylation sites is 1. The first kappa shape index (κ1) is 13.3. The van der Waals surface area contributed by atoms with Crippen LogP contribution in [-0.2, 0) is 13.1 Å². The van der Waals surface area contributed by atoms with E-state index in [0.29, 0.717) is 12.1 Å². The van der Waals surface area contributed by atoms with Crippen LogP contribution < -0.4 is 10.6 Å². The highest BCUT2D eigenvalue weighted by atomic mass is 16.1. The Kier molecular flexibility index (Phi) is 4.30. The number of nitrogens with zero attached hydrogens (tertiary/aromatic N) is 2. The van der Waals surface area contributed by atoms with E-state index >= 15 is 0 Å². The van der Waals surface area contributed by atoms with Gasteiger partial charge in [0.25, 0.3) is 5.91 Å². The SMILES string of the molecule is CCn1cc(C(=O)Nc2ccccc2CNC)cn1. The lowest BCUT2D eigenvalue weighted by Gasteiger charge is -2.09. The third-order valence-corrected chi connectivity index (χ3v) is 2.85. The molecule has 2 rings (SSSR count). The zero-order valence-corrected chi connectivity index (χ0v) is 11.2. The molecule has 0 unspecified atom stereocenters. The predicted molar refractivity (Wildman–Crippen MR) is 75.1 cm³/mol. The van der Waals surface area contributed by atoms with Crippen LogP contribution in [0.15, 0.2) is 36.7 Å². The lowest BCUT2D eigenvalue weighted by atomic mass is 10.1. The Labute approximate surface area is 112 Å². The lowest BCUT2D eigenvalue weighted by molar-refractivity contribution is 0.102. The van der Waals surface area contributed by atoms with Crippen LogP contribution in [-0.4, -0.2) is 22.7 Å². The highest BCUT2D eigenvalue weighted by Crippen LogP contribution is 2.15. The summed E-state index contributed by atoms with van der Waals surface area (Å²) in [5.41, 5.74) is 2.45. The molecule has 5 heteroatoms. The van der Waals surface area contributed by atoms with E-state index in [1.165, 1.54) is 0 Å². The summed E-state index contributed by atoms with van der Waals surface area (Å²) in [6.45, 7) is 3.45. The first-order chi connectivity index (χ1) is 9.24. The lowest BCUT2D eigenvalue weighted by Crippen LogP contribution is -2.14. The van der Waals surface area contributed by atoms with Crippen LogP contribution in [0.25, 0.3) is 0 Å². The average Bonchev–Trinajstić information content (AvgIpc) is 2.90. The number of hydrogen-bond acceptors (Lipinski definition) is 3. The van der Waals surface area contributed by atoms with Gasteiger partial charge < -0.3 is 10.6 Å². The van der Waals surface area contributed by atoms with E-state index in [2.05, 4.69) is 15.7 Å². The van der Waals surface area contributed by atoms with E-state index in [1.807, 2.05) is 38.2 Å². The second-order valence-electron chi connectivity index (χ2n) is 4.23. The molecule has 2 N–H and O–H groups in total. The Bertz CT molecular complexity index is 562. The summed E-state index contributed by atoms with van der Waals surface area (Å²) in [7, 11) is 1.88. The molecule has 0 saturated heterocycles. The Morgan fingerprint density at radius 1 is 1.37 bits per heavy atom. The minimum absolute atomic E-state index is 0.136. The van der Waals surface area contributed by atoms with E-state index in [1.54, 1.807) is 17.1 Å². The van der Waals surface area contributed by atoms with E-state index in [0.717, 1.165) is 17.8 Å². The van der Waals surface area contributed by atoms with Gasteiger partial charge in [-0.2, -0.15) is 5.10 Å². The zero-order valence-electron chi connectivity index (χ0n) is 11.2. The normalized spacial score (nSPS) is 10.4. The summed E-state index contributed by atoms with van der Waals surface area (Å²) < 4.78 is 1.73. The van der Waals surface area contributed by atoms with E-state index in [9.17, 15) is 4.79 Å². The highest BCUT2D eigenvalue weighted by Gasteiger charge is 2.10. The maximum Gasteiger partial charge on any atom is 0.258 e. The Morgan fingerprint density at radius 2 is 2.16 bits per heavy atom. The number of carbonyl (C=O) groups excluding carboxylic acids is 1. The molecule has 0 atom stereocenters. The standard InChI is InChI=1S/C14H18N4O/c1-3-18-10-12(9-16-18)14(19)17-13-7-5-4-6-11(13)8-15-2/h4-7,9-10,15H,3,8H2,1-2H3,(H,17,19). The first-order valence-corrected chi connectivity index (χ1v) is 6.31. The zero-order chi connectivity index (χ0) is 13.7. The molecule has 0 aliphatic carbocycles. The van der Waals surface area contributed by atoms with Gasteiger partial charge >= 0.3 is 0 Å². The third-order valence-electron chi connectivity index (χ3n) is 2.85. The number of amides is 1. The molecule has 0 fully saturated rings. The van der Waals surface area contributed by atoms with Crippen molar-refractivity contribution in [2.24, 2.45) is 0 Å². The molecule has 0 spiro atoms. The van der Waals surface area contributed by atoms with Crippen molar-refractivity contribution in [3.05, 3.63) is 47.8 Å². The topological polar surface area (TPSA) is 59.0 Å². The van der Waals surface area contributed by atoms with E-state index in [4.69, 9.17) is 0 Å². The van der Waals surface area contributed by atoms with Gasteiger partial charge in [-0.15, -0.1) is 0 Å². The predicted octanol–water partition coefficient (Wildman–Crippen LogP) is 1.87. The largest absolute Gasteiger partial charge is 0.322 e. The summed E-state index contributed by atoms with van der Waals surface area (Å²) in [6.07, 6.45) is 3.33. The van der Waals surface area contributed by atoms with Gasteiger partial charge in [0, 0.05) is 25.0 Å². The first-order valence-electron chi connectivity index (χ1n) is 6.31. The van der Waals surface area contributed by atoms with Crippen LogP contribution in [0.3, 0.4) is 0 Å². The second kappa shape index (κ2) is 6.15. The van der Waals surface area contributed by atoms with Crippen molar-refractivity contribution in [1.29, 1.82) is 0 Å². The van der Waals surface area contributed by atoms with Gasteiger partial charge in [-0.25, -0.2) is 0 Å². The number of aryl methyl sites for hydroxylation is 1. The molecule has 0 radical (unpaired) electrons. The fourth-order valence-electron chi connectivity index (χ4n) is 1.84. The van der Waals surface area contributed by atoms with Crippen LogP contribution in [0, 0.1) is 0 Å². The van der Waals surface area contributed by atoms with Crippen molar-refractivity contribution in [3.63, 3.8) is 0 Å². The third kappa shape index (κ3) is 3.20. The van der Waals surface area contributed by atoms with Crippen LogP contribution in [0.2, 0.25) is 0 Å². The van der Waals surface area contributed by atoms with Gasteiger partial charge in [-0.05, 0) is 25.6 Å². The number of nitrogens with one attached hydrogen (secondary N) is 2. The molecule has 1 aromatic carbocycles. The van der Waals surface area contributed by atoms with Crippen LogP contribution in [0.1, 0.15) is 22.8 Å². The molecule has 1 aromatic heterocycles. The van der Waals surface area contributed by atoms with Gasteiger partial charge in [-0.1, -0.05) is 18.2 Å². The Balaban J connectivity index is 2.14. The molecule has 0 aliphatic rings. The summed E-state index contributed by atoms with van der Waals surface area (Å²) in [4.78, 5) is 12.1. The minimum Gasteiger partial charge on any atom is -0.322 e. The molecular weight excluding hydrogens is 240 g/mol. The molecule has 0 saturated carbocycles. The molecule has 100 valence electrons. The highest BCUT2D eigenvalue weighted by molar-refractivity contribution is 6.04. The molecule has 19 heavy (non-hydrogen) atoms. The molecule has 1 amide bonds. The molecule has 2 aromatic rings. The van der Waals surface area contributed by atoms with E-state index < -0.39 is 0 Å². The fourth-order valence-corrected chi connectivity index (χ4v) is 1.84. The van der Waals surface area contributed by atoms with Crippen LogP contribution in [0.5, 0.6) is 0 Å². The maximum atomic E-state index is 12.1. The summed E-state index contributed by atoms with van der Waals surface area (Å²) >= 11 is 0. The maximum absolute atomic E-state index is 12.1. The Morgan fingerprint density at radius 3 is 2.84 bits per heavy atom. The number of carbonyl (C=O) groups is 1. The molecule has 1 heterocycles. The van der Waals surface area contributed by atoms with Crippen LogP contribution in [0.4, 0.5) is 5.69 Å². The summed E-state index contributed by atoms with van der Waals surface area (Å²) in [5.74, 6) is -0.136. The van der Waals surface area contributed by atoms with Gasteiger partial charge in [0.05, 0.1) is 11.8 Å². The number of anilines is 1. The minimum atomic E-state index is -0.136. The van der Waals surface area contributed by atoms with Gasteiger partial charge in [0.2, 0.25) is 0 Å². The van der Waals surface area contributed by atoms with Crippen LogP contribution >= 0.6 is 0 Å². The fraction of sp³-hybridized carbons (Fsp3) is 0.286. The summed E-state index contributed by atoms with van der Waals surface area (Å²) in [5, 5.41) is 10.1. The smallest absolute Gasteiger partial charge is 0.258 e. The number of aromatic nitrogens is 2. The Hall–Kier alpha value is -2.14. The van der Waals surface area contributed by atoms with Crippen molar-refractivity contribution < 1.29 is 4.79 Å². The summed E-state index contributed by atoms with van der Waals surface area (Å²) in [6, 6.07) is 7.75. The number of benzene rings is 1. The molecule has 5 nitrogen and oxygen atoms in total. The van der Waals surface area contributed by atoms with Gasteiger partial charge in [0.1, 0.15) is 0 Å². The molecular formula is C14H18N4O. The van der Waals surface area contributed by atoms with Crippen molar-refractivity contribution in [2.75, 3.05) is 12.4 Å². The molecule has 0 aliphatic heterocycles. The van der Waals surface area contributed by atoms with Gasteiger partial charge in [-0.3, -0.25) is 9.48 Å². The van der Waals surface area contributed by atoms with Crippen molar-refractivity contribution in [1.82, 2.24) is 15.1 Å². The van der Waals surface area contributed by atoms with E-state index in [-0.39, 0.29) is 5.91 Å². The molecule has 0 bridgehead atoms. The van der Waals surface area contributed by atoms with Crippen molar-refractivity contribution in [2.45, 2.75) is 20.0 Å². The average molecular weight is 258 g/mol. The number of hydrogen-bond donors (Lipinski definition) is 2. The van der Waals surface area contributed by atoms with Gasteiger partial charge in [0.15, 0.2) is 0 Å². The second-order valence-corrected chi connectivity index (χ2v) is 4.23. The quantitative estimate of drug-likeness (QED) is 0.860. The monoisotopic (exact) mass is 258 g/mol. The number of rotatable bonds is 5. The van der Waals surface area contributed by atoms with Crippen molar-refractivity contribution >= 4 is 11.6 Å².